The molecule has 0 aliphatic heterocycles. The lowest BCUT2D eigenvalue weighted by molar-refractivity contribution is 0.0454. The van der Waals surface area contributed by atoms with E-state index in [1.54, 1.807) is 11.3 Å². The molecule has 4 heterocycles. The maximum atomic E-state index is 12.2. The van der Waals surface area contributed by atoms with Crippen LogP contribution in [0.25, 0.3) is 16.3 Å². The van der Waals surface area contributed by atoms with Crippen LogP contribution in [0.15, 0.2) is 28.3 Å². The Kier molecular flexibility index (Phi) is 4.02. The Hall–Kier alpha value is -2.65. The maximum Gasteiger partial charge on any atom is 0.378 e. The number of rotatable bonds is 4. The van der Waals surface area contributed by atoms with Crippen LogP contribution in [0.3, 0.4) is 0 Å². The number of carbonyl (C=O) groups excluding carboxylic acids is 1. The molecule has 0 aliphatic rings. The van der Waals surface area contributed by atoms with Crippen LogP contribution in [-0.4, -0.2) is 30.5 Å². The van der Waals surface area contributed by atoms with Gasteiger partial charge in [-0.25, -0.2) is 19.3 Å². The van der Waals surface area contributed by atoms with Gasteiger partial charge in [0.05, 0.1) is 5.69 Å². The third-order valence-corrected chi connectivity index (χ3v) is 5.10. The van der Waals surface area contributed by atoms with Gasteiger partial charge >= 0.3 is 5.97 Å². The Labute approximate surface area is 151 Å². The van der Waals surface area contributed by atoms with Crippen LogP contribution in [0.5, 0.6) is 0 Å². The number of fused-ring (bicyclic) bond motifs is 1. The van der Waals surface area contributed by atoms with E-state index in [9.17, 15) is 4.79 Å². The normalized spacial score (nSPS) is 11.1. The average molecular weight is 371 g/mol. The summed E-state index contributed by atoms with van der Waals surface area (Å²) in [5.74, 6) is -0.208. The Morgan fingerprint density at radius 1 is 1.24 bits per heavy atom. The molecule has 0 N–H and O–H groups in total. The summed E-state index contributed by atoms with van der Waals surface area (Å²) in [7, 11) is 0. The van der Waals surface area contributed by atoms with Crippen LogP contribution in [0, 0.1) is 13.8 Å². The van der Waals surface area contributed by atoms with E-state index < -0.39 is 5.97 Å². The number of aromatic nitrogens is 5. The number of thiophene rings is 1. The van der Waals surface area contributed by atoms with Gasteiger partial charge in [-0.3, -0.25) is 0 Å². The summed E-state index contributed by atoms with van der Waals surface area (Å²) in [6.07, 6.45) is 0. The maximum absolute atomic E-state index is 12.2. The molecule has 0 radical (unpaired) electrons. The molecule has 0 saturated heterocycles. The standard InChI is InChI=1S/C16H13N5O2S2/c1-9-5-10(2)21-16(17-9)19-13(20-21)15(22)23-6-12-8-25-14(18-12)11-3-4-24-7-11/h3-5,7-8H,6H2,1-2H3. The van der Waals surface area contributed by atoms with Crippen LogP contribution in [0.2, 0.25) is 0 Å². The Morgan fingerprint density at radius 3 is 2.92 bits per heavy atom. The SMILES string of the molecule is Cc1cc(C)n2nc(C(=O)OCc3csc(-c4ccsc4)n3)nc2n1. The van der Waals surface area contributed by atoms with E-state index in [1.807, 2.05) is 42.1 Å². The van der Waals surface area contributed by atoms with Crippen molar-refractivity contribution in [2.24, 2.45) is 0 Å². The van der Waals surface area contributed by atoms with E-state index >= 15 is 0 Å². The number of thiazole rings is 1. The molecule has 4 aromatic heterocycles. The monoisotopic (exact) mass is 371 g/mol. The van der Waals surface area contributed by atoms with Crippen molar-refractivity contribution >= 4 is 34.4 Å². The highest BCUT2D eigenvalue weighted by atomic mass is 32.1. The van der Waals surface area contributed by atoms with Crippen LogP contribution < -0.4 is 0 Å². The van der Waals surface area contributed by atoms with Crippen molar-refractivity contribution < 1.29 is 9.53 Å². The zero-order valence-electron chi connectivity index (χ0n) is 13.5. The van der Waals surface area contributed by atoms with Gasteiger partial charge in [0.15, 0.2) is 0 Å². The summed E-state index contributed by atoms with van der Waals surface area (Å²) in [5.41, 5.74) is 3.45. The highest BCUT2D eigenvalue weighted by Gasteiger charge is 2.17. The fraction of sp³-hybridized carbons (Fsp3) is 0.188. The summed E-state index contributed by atoms with van der Waals surface area (Å²) in [5, 5.41) is 11.0. The van der Waals surface area contributed by atoms with Crippen molar-refractivity contribution in [3.8, 4) is 10.6 Å². The quantitative estimate of drug-likeness (QED) is 0.512. The second kappa shape index (κ2) is 6.34. The molecular formula is C16H13N5O2S2. The lowest BCUT2D eigenvalue weighted by Gasteiger charge is -1.98. The summed E-state index contributed by atoms with van der Waals surface area (Å²) >= 11 is 3.14. The van der Waals surface area contributed by atoms with E-state index in [0.717, 1.165) is 22.0 Å². The molecule has 0 saturated carbocycles. The Bertz CT molecular complexity index is 1050. The highest BCUT2D eigenvalue weighted by Crippen LogP contribution is 2.25. The molecule has 0 unspecified atom stereocenters. The van der Waals surface area contributed by atoms with Crippen LogP contribution >= 0.6 is 22.7 Å². The number of nitrogens with zero attached hydrogens (tertiary/aromatic N) is 5. The van der Waals surface area contributed by atoms with Crippen LogP contribution in [0.1, 0.15) is 27.7 Å². The first-order valence-corrected chi connectivity index (χ1v) is 9.27. The molecule has 0 aromatic carbocycles. The first-order chi connectivity index (χ1) is 12.1. The summed E-state index contributed by atoms with van der Waals surface area (Å²) in [6.45, 7) is 3.83. The van der Waals surface area contributed by atoms with Crippen molar-refractivity contribution in [3.05, 3.63) is 51.2 Å². The Morgan fingerprint density at radius 2 is 2.12 bits per heavy atom. The molecule has 9 heteroatoms. The number of hydrogen-bond donors (Lipinski definition) is 0. The number of esters is 1. The van der Waals surface area contributed by atoms with Gasteiger partial charge in [-0.15, -0.1) is 16.4 Å². The molecule has 25 heavy (non-hydrogen) atoms. The Balaban J connectivity index is 1.48. The molecule has 0 bridgehead atoms. The van der Waals surface area contributed by atoms with Gasteiger partial charge in [-0.05, 0) is 31.4 Å². The van der Waals surface area contributed by atoms with Gasteiger partial charge in [-0.2, -0.15) is 16.3 Å². The molecule has 0 fully saturated rings. The van der Waals surface area contributed by atoms with E-state index in [-0.39, 0.29) is 12.4 Å². The summed E-state index contributed by atoms with van der Waals surface area (Å²) in [6, 6.07) is 3.88. The topological polar surface area (TPSA) is 82.3 Å². The molecule has 4 aromatic rings. The predicted molar refractivity (Wildman–Crippen MR) is 94.8 cm³/mol. The van der Waals surface area contributed by atoms with Crippen molar-refractivity contribution in [1.82, 2.24) is 24.6 Å². The molecule has 0 amide bonds. The zero-order valence-corrected chi connectivity index (χ0v) is 15.1. The summed E-state index contributed by atoms with van der Waals surface area (Å²) in [4.78, 5) is 25.1. The molecule has 0 spiro atoms. The molecule has 7 nitrogen and oxygen atoms in total. The van der Waals surface area contributed by atoms with Crippen molar-refractivity contribution in [2.75, 3.05) is 0 Å². The van der Waals surface area contributed by atoms with E-state index in [1.165, 1.54) is 15.9 Å². The van der Waals surface area contributed by atoms with E-state index in [2.05, 4.69) is 20.1 Å². The van der Waals surface area contributed by atoms with Crippen molar-refractivity contribution in [2.45, 2.75) is 20.5 Å². The lowest BCUT2D eigenvalue weighted by Crippen LogP contribution is -2.08. The van der Waals surface area contributed by atoms with E-state index in [4.69, 9.17) is 4.74 Å². The van der Waals surface area contributed by atoms with Crippen molar-refractivity contribution in [3.63, 3.8) is 0 Å². The number of aryl methyl sites for hydroxylation is 2. The molecular weight excluding hydrogens is 358 g/mol. The van der Waals surface area contributed by atoms with Gasteiger partial charge in [0, 0.05) is 27.7 Å². The number of ether oxygens (including phenoxy) is 1. The average Bonchev–Trinajstić information content (AvgIpc) is 3.31. The number of hydrogen-bond acceptors (Lipinski definition) is 8. The first kappa shape index (κ1) is 15.9. The van der Waals surface area contributed by atoms with Gasteiger partial charge in [0.2, 0.25) is 0 Å². The largest absolute Gasteiger partial charge is 0.453 e. The second-order valence-electron chi connectivity index (χ2n) is 5.42. The predicted octanol–water partition coefficient (Wildman–Crippen LogP) is 3.28. The van der Waals surface area contributed by atoms with Gasteiger partial charge in [0.1, 0.15) is 11.6 Å². The lowest BCUT2D eigenvalue weighted by atomic mass is 10.4. The third kappa shape index (κ3) is 3.15. The second-order valence-corrected chi connectivity index (χ2v) is 7.06. The highest BCUT2D eigenvalue weighted by molar-refractivity contribution is 7.14. The third-order valence-electron chi connectivity index (χ3n) is 3.47. The minimum absolute atomic E-state index is 0.00510. The van der Waals surface area contributed by atoms with Crippen LogP contribution in [-0.2, 0) is 11.3 Å². The fourth-order valence-electron chi connectivity index (χ4n) is 2.35. The zero-order chi connectivity index (χ0) is 17.4. The van der Waals surface area contributed by atoms with Gasteiger partial charge in [0.25, 0.3) is 11.6 Å². The molecule has 0 atom stereocenters. The number of carbonyl (C=O) groups is 1. The van der Waals surface area contributed by atoms with Crippen molar-refractivity contribution in [1.29, 1.82) is 0 Å². The molecule has 0 aliphatic carbocycles. The minimum Gasteiger partial charge on any atom is -0.453 e. The van der Waals surface area contributed by atoms with Gasteiger partial charge in [-0.1, -0.05) is 0 Å². The first-order valence-electron chi connectivity index (χ1n) is 7.45. The summed E-state index contributed by atoms with van der Waals surface area (Å²) < 4.78 is 6.82. The smallest absolute Gasteiger partial charge is 0.378 e. The van der Waals surface area contributed by atoms with Crippen LogP contribution in [0.4, 0.5) is 0 Å². The van der Waals surface area contributed by atoms with E-state index in [0.29, 0.717) is 11.5 Å². The molecule has 126 valence electrons. The van der Waals surface area contributed by atoms with Gasteiger partial charge < -0.3 is 4.74 Å². The minimum atomic E-state index is -0.590. The fourth-order valence-corrected chi connectivity index (χ4v) is 3.87. The molecule has 4 rings (SSSR count).